The van der Waals surface area contributed by atoms with E-state index in [-0.39, 0.29) is 17.9 Å². The smallest absolute Gasteiger partial charge is 0.295 e. The molecule has 1 amide bonds. The summed E-state index contributed by atoms with van der Waals surface area (Å²) in [6, 6.07) is 8.82. The molecule has 1 N–H and O–H groups in total. The molecule has 0 unspecified atom stereocenters. The van der Waals surface area contributed by atoms with Gasteiger partial charge in [-0.15, -0.1) is 0 Å². The molecule has 0 aromatic heterocycles. The van der Waals surface area contributed by atoms with Crippen molar-refractivity contribution in [1.29, 1.82) is 0 Å². The van der Waals surface area contributed by atoms with Crippen LogP contribution in [0.25, 0.3) is 5.76 Å². The Morgan fingerprint density at radius 1 is 1.00 bits per heavy atom. The number of carbonyl (C=O) groups excluding carboxylic acids is 2. The maximum atomic E-state index is 13.1. The van der Waals surface area contributed by atoms with Crippen molar-refractivity contribution in [3.8, 4) is 17.2 Å². The van der Waals surface area contributed by atoms with E-state index in [0.717, 1.165) is 0 Å². The van der Waals surface area contributed by atoms with Gasteiger partial charge >= 0.3 is 0 Å². The predicted octanol–water partition coefficient (Wildman–Crippen LogP) is 3.82. The van der Waals surface area contributed by atoms with Crippen LogP contribution in [0.15, 0.2) is 42.0 Å². The average Bonchev–Trinajstić information content (AvgIpc) is 3.08. The first-order valence-corrected chi connectivity index (χ1v) is 10.6. The Balaban J connectivity index is 2.22. The molecule has 1 aliphatic rings. The van der Waals surface area contributed by atoms with Crippen LogP contribution >= 0.6 is 11.6 Å². The molecule has 2 aromatic carbocycles. The van der Waals surface area contributed by atoms with Gasteiger partial charge < -0.3 is 29.0 Å². The molecule has 3 rings (SSSR count). The van der Waals surface area contributed by atoms with Crippen LogP contribution in [0.2, 0.25) is 5.02 Å². The number of amides is 1. The highest BCUT2D eigenvalue weighted by Crippen LogP contribution is 2.45. The minimum atomic E-state index is -0.869. The normalized spacial score (nSPS) is 17.4. The van der Waals surface area contributed by atoms with Crippen LogP contribution in [-0.4, -0.2) is 63.3 Å². The lowest BCUT2D eigenvalue weighted by atomic mass is 9.94. The third-order valence-corrected chi connectivity index (χ3v) is 5.66. The van der Waals surface area contributed by atoms with E-state index >= 15 is 0 Å². The molecule has 1 saturated heterocycles. The molecular weight excluding hydrogens is 450 g/mol. The van der Waals surface area contributed by atoms with Gasteiger partial charge in [0.1, 0.15) is 5.76 Å². The second-order valence-corrected chi connectivity index (χ2v) is 7.74. The van der Waals surface area contributed by atoms with Crippen LogP contribution < -0.4 is 14.2 Å². The van der Waals surface area contributed by atoms with E-state index < -0.39 is 17.7 Å². The summed E-state index contributed by atoms with van der Waals surface area (Å²) in [5.41, 5.74) is 0.859. The Hall–Kier alpha value is -3.23. The minimum absolute atomic E-state index is 0.0333. The van der Waals surface area contributed by atoms with Crippen LogP contribution in [-0.2, 0) is 14.3 Å². The molecule has 0 saturated carbocycles. The number of methoxy groups -OCH3 is 4. The molecule has 33 heavy (non-hydrogen) atoms. The van der Waals surface area contributed by atoms with Gasteiger partial charge in [0.05, 0.1) is 32.9 Å². The number of benzene rings is 2. The molecule has 1 fully saturated rings. The highest BCUT2D eigenvalue weighted by atomic mass is 35.5. The number of aliphatic hydroxyl groups is 1. The number of carbonyl (C=O) groups is 2. The quantitative estimate of drug-likeness (QED) is 0.255. The topological polar surface area (TPSA) is 94.5 Å². The molecule has 0 aliphatic carbocycles. The van der Waals surface area contributed by atoms with Crippen molar-refractivity contribution >= 4 is 29.1 Å². The number of rotatable bonds is 9. The fraction of sp³-hybridized carbons (Fsp3) is 0.333. The Morgan fingerprint density at radius 3 is 2.12 bits per heavy atom. The van der Waals surface area contributed by atoms with E-state index in [0.29, 0.717) is 46.4 Å². The van der Waals surface area contributed by atoms with E-state index in [1.807, 2.05) is 0 Å². The first-order valence-electron chi connectivity index (χ1n) is 10.2. The third kappa shape index (κ3) is 4.77. The summed E-state index contributed by atoms with van der Waals surface area (Å²) in [5, 5.41) is 11.6. The fourth-order valence-electron chi connectivity index (χ4n) is 3.86. The van der Waals surface area contributed by atoms with Gasteiger partial charge in [0.15, 0.2) is 11.5 Å². The van der Waals surface area contributed by atoms with Crippen molar-refractivity contribution in [2.24, 2.45) is 0 Å². The van der Waals surface area contributed by atoms with E-state index in [4.69, 9.17) is 30.5 Å². The van der Waals surface area contributed by atoms with Crippen molar-refractivity contribution in [3.63, 3.8) is 0 Å². The molecule has 176 valence electrons. The van der Waals surface area contributed by atoms with Gasteiger partial charge in [-0.1, -0.05) is 11.6 Å². The monoisotopic (exact) mass is 475 g/mol. The maximum absolute atomic E-state index is 13.1. The number of halogens is 1. The van der Waals surface area contributed by atoms with Gasteiger partial charge in [0.2, 0.25) is 5.75 Å². The molecule has 0 radical (unpaired) electrons. The minimum Gasteiger partial charge on any atom is -0.507 e. The lowest BCUT2D eigenvalue weighted by Gasteiger charge is -2.26. The summed E-state index contributed by atoms with van der Waals surface area (Å²) >= 11 is 5.96. The van der Waals surface area contributed by atoms with Gasteiger partial charge in [0, 0.05) is 30.8 Å². The second-order valence-electron chi connectivity index (χ2n) is 7.30. The van der Waals surface area contributed by atoms with Gasteiger partial charge in [0.25, 0.3) is 11.7 Å². The molecule has 0 bridgehead atoms. The number of ketones is 1. The molecule has 9 heteroatoms. The lowest BCUT2D eigenvalue weighted by molar-refractivity contribution is -0.140. The Kier molecular flexibility index (Phi) is 7.84. The Morgan fingerprint density at radius 2 is 1.61 bits per heavy atom. The summed E-state index contributed by atoms with van der Waals surface area (Å²) in [4.78, 5) is 27.5. The first-order chi connectivity index (χ1) is 15.9. The predicted molar refractivity (Wildman–Crippen MR) is 123 cm³/mol. The molecule has 8 nitrogen and oxygen atoms in total. The summed E-state index contributed by atoms with van der Waals surface area (Å²) in [5.74, 6) is -0.684. The number of nitrogens with zero attached hydrogens (tertiary/aromatic N) is 1. The fourth-order valence-corrected chi connectivity index (χ4v) is 3.98. The van der Waals surface area contributed by atoms with Crippen molar-refractivity contribution in [2.45, 2.75) is 12.5 Å². The number of Topliss-reactive ketones (excluding diaryl/α,β-unsaturated/α-hetero) is 1. The standard InChI is InChI=1S/C24H26ClNO7/c1-30-11-5-10-26-20(15-12-17(31-2)23(33-4)18(13-15)32-3)19(22(28)24(26)29)21(27)14-6-8-16(25)9-7-14/h6-9,12-13,20,27H,5,10-11H2,1-4H3/b21-19+/t20-/m1/s1. The summed E-state index contributed by atoms with van der Waals surface area (Å²) in [6.07, 6.45) is 0.505. The second kappa shape index (κ2) is 10.6. The maximum Gasteiger partial charge on any atom is 0.295 e. The zero-order valence-corrected chi connectivity index (χ0v) is 19.6. The SMILES string of the molecule is COCCCN1C(=O)C(=O)/C(=C(/O)c2ccc(Cl)cc2)[C@H]1c1cc(OC)c(OC)c(OC)c1. The molecule has 2 aromatic rings. The van der Waals surface area contributed by atoms with Gasteiger partial charge in [-0.3, -0.25) is 9.59 Å². The Labute approximate surface area is 197 Å². The molecule has 1 heterocycles. The summed E-state index contributed by atoms with van der Waals surface area (Å²) in [6.45, 7) is 0.652. The van der Waals surface area contributed by atoms with Crippen LogP contribution in [0.5, 0.6) is 17.2 Å². The van der Waals surface area contributed by atoms with E-state index in [2.05, 4.69) is 0 Å². The van der Waals surface area contributed by atoms with Crippen LogP contribution in [0.4, 0.5) is 0 Å². The zero-order chi connectivity index (χ0) is 24.1. The number of hydrogen-bond acceptors (Lipinski definition) is 7. The summed E-state index contributed by atoms with van der Waals surface area (Å²) in [7, 11) is 6.00. The molecular formula is C24H26ClNO7. The van der Waals surface area contributed by atoms with Crippen molar-refractivity contribution in [3.05, 3.63) is 58.1 Å². The number of hydrogen-bond donors (Lipinski definition) is 1. The molecule has 0 spiro atoms. The van der Waals surface area contributed by atoms with Crippen molar-refractivity contribution in [2.75, 3.05) is 41.6 Å². The number of ether oxygens (including phenoxy) is 4. The van der Waals surface area contributed by atoms with Crippen molar-refractivity contribution < 1.29 is 33.6 Å². The van der Waals surface area contributed by atoms with Gasteiger partial charge in [-0.25, -0.2) is 0 Å². The van der Waals surface area contributed by atoms with Gasteiger partial charge in [-0.2, -0.15) is 0 Å². The highest BCUT2D eigenvalue weighted by molar-refractivity contribution is 6.46. The van der Waals surface area contributed by atoms with Crippen LogP contribution in [0.1, 0.15) is 23.6 Å². The van der Waals surface area contributed by atoms with Crippen LogP contribution in [0.3, 0.4) is 0 Å². The average molecular weight is 476 g/mol. The lowest BCUT2D eigenvalue weighted by Crippen LogP contribution is -2.31. The van der Waals surface area contributed by atoms with Crippen LogP contribution in [0, 0.1) is 0 Å². The Bertz CT molecular complexity index is 1040. The first kappa shape index (κ1) is 24.4. The van der Waals surface area contributed by atoms with E-state index in [9.17, 15) is 14.7 Å². The molecule has 1 atom stereocenters. The zero-order valence-electron chi connectivity index (χ0n) is 18.9. The van der Waals surface area contributed by atoms with E-state index in [1.165, 1.54) is 26.2 Å². The summed E-state index contributed by atoms with van der Waals surface area (Å²) < 4.78 is 21.4. The number of aliphatic hydroxyl groups excluding tert-OH is 1. The van der Waals surface area contributed by atoms with E-state index in [1.54, 1.807) is 43.5 Å². The number of likely N-dealkylation sites (tertiary alicyclic amines) is 1. The highest BCUT2D eigenvalue weighted by Gasteiger charge is 2.46. The van der Waals surface area contributed by atoms with Crippen molar-refractivity contribution in [1.82, 2.24) is 4.90 Å². The largest absolute Gasteiger partial charge is 0.507 e. The van der Waals surface area contributed by atoms with Gasteiger partial charge in [-0.05, 0) is 48.4 Å². The molecule has 1 aliphatic heterocycles. The third-order valence-electron chi connectivity index (χ3n) is 5.41.